The number of aliphatic hydroxyl groups is 1. The van der Waals surface area contributed by atoms with E-state index in [1.54, 1.807) is 0 Å². The summed E-state index contributed by atoms with van der Waals surface area (Å²) in [5.41, 5.74) is -0.287. The van der Waals surface area contributed by atoms with Crippen LogP contribution >= 0.6 is 31.9 Å². The highest BCUT2D eigenvalue weighted by molar-refractivity contribution is 9.25. The highest BCUT2D eigenvalue weighted by atomic mass is 79.9. The zero-order chi connectivity index (χ0) is 9.46. The summed E-state index contributed by atoms with van der Waals surface area (Å²) >= 11 is 7.77. The van der Waals surface area contributed by atoms with Gasteiger partial charge in [-0.05, 0) is 48.3 Å². The van der Waals surface area contributed by atoms with Crippen LogP contribution in [0.3, 0.4) is 0 Å². The molecule has 0 unspecified atom stereocenters. The van der Waals surface area contributed by atoms with Crippen LogP contribution in [0.4, 0.5) is 0 Å². The van der Waals surface area contributed by atoms with Crippen molar-refractivity contribution in [1.29, 1.82) is 0 Å². The Kier molecular flexibility index (Phi) is 1.04. The van der Waals surface area contributed by atoms with Crippen LogP contribution in [0.1, 0.15) is 12.8 Å². The quantitative estimate of drug-likeness (QED) is 0.680. The van der Waals surface area contributed by atoms with E-state index < -0.39 is 0 Å². The lowest BCUT2D eigenvalue weighted by molar-refractivity contribution is -0.0538. The van der Waals surface area contributed by atoms with Crippen molar-refractivity contribution in [1.82, 2.24) is 0 Å². The number of hydrogen-bond donors (Lipinski definition) is 1. The fourth-order valence-corrected chi connectivity index (χ4v) is 9.20. The molecule has 0 amide bonds. The first-order chi connectivity index (χ1) is 6.57. The predicted octanol–water partition coefficient (Wildman–Crippen LogP) is 2.37. The molecule has 1 nitrogen and oxygen atoms in total. The maximum atomic E-state index is 10.8. The summed E-state index contributed by atoms with van der Waals surface area (Å²) in [6.45, 7) is 0. The molecule has 6 rings (SSSR count). The van der Waals surface area contributed by atoms with Crippen LogP contribution in [0.2, 0.25) is 0 Å². The zero-order valence-corrected chi connectivity index (χ0v) is 10.8. The summed E-state index contributed by atoms with van der Waals surface area (Å²) in [7, 11) is 0. The molecule has 6 fully saturated rings. The summed E-state index contributed by atoms with van der Waals surface area (Å²) in [6, 6.07) is 0. The maximum absolute atomic E-state index is 10.8. The summed E-state index contributed by atoms with van der Waals surface area (Å²) in [4.78, 5) is 0. The first-order valence-corrected chi connectivity index (χ1v) is 7.25. The first kappa shape index (κ1) is 8.08. The molecule has 6 aliphatic rings. The van der Waals surface area contributed by atoms with E-state index >= 15 is 0 Å². The molecule has 6 saturated carbocycles. The average molecular weight is 320 g/mol. The summed E-state index contributed by atoms with van der Waals surface area (Å²) in [5, 5.41) is 10.8. The number of alkyl halides is 2. The second-order valence-electron chi connectivity index (χ2n) is 6.20. The Hall–Kier alpha value is 0.920. The smallest absolute Gasteiger partial charge is 0.0898 e. The highest BCUT2D eigenvalue weighted by Gasteiger charge is 2.89. The van der Waals surface area contributed by atoms with Gasteiger partial charge in [0.1, 0.15) is 0 Å². The van der Waals surface area contributed by atoms with Crippen LogP contribution in [-0.2, 0) is 0 Å². The van der Waals surface area contributed by atoms with E-state index in [1.165, 1.54) is 6.42 Å². The van der Waals surface area contributed by atoms with Crippen LogP contribution in [0, 0.1) is 41.4 Å². The Bertz CT molecular complexity index is 368. The molecule has 0 spiro atoms. The SMILES string of the molecule is O[C@@]12C[C@H]3[C@H]4C[C@H]5[C@@H]3[C@@H]1C(Br)(Br)[C@H]5[C@H]42. The monoisotopic (exact) mass is 318 g/mol. The summed E-state index contributed by atoms with van der Waals surface area (Å²) in [5.74, 6) is 5.41. The Morgan fingerprint density at radius 2 is 1.86 bits per heavy atom. The van der Waals surface area contributed by atoms with E-state index in [2.05, 4.69) is 31.9 Å². The summed E-state index contributed by atoms with van der Waals surface area (Å²) < 4.78 is 0.0920. The molecule has 6 bridgehead atoms. The topological polar surface area (TPSA) is 20.2 Å². The van der Waals surface area contributed by atoms with E-state index in [0.717, 1.165) is 36.0 Å². The van der Waals surface area contributed by atoms with Gasteiger partial charge in [-0.25, -0.2) is 0 Å². The molecule has 0 saturated heterocycles. The van der Waals surface area contributed by atoms with Gasteiger partial charge in [-0.15, -0.1) is 0 Å². The van der Waals surface area contributed by atoms with Gasteiger partial charge in [-0.2, -0.15) is 0 Å². The fraction of sp³-hybridized carbons (Fsp3) is 1.00. The average Bonchev–Trinajstić information content (AvgIpc) is 2.70. The van der Waals surface area contributed by atoms with Gasteiger partial charge in [-0.3, -0.25) is 0 Å². The molecule has 6 aliphatic carbocycles. The molecule has 3 heteroatoms. The molecule has 0 aromatic heterocycles. The fourth-order valence-electron chi connectivity index (χ4n) is 6.55. The van der Waals surface area contributed by atoms with Crippen LogP contribution in [0.25, 0.3) is 0 Å². The molecule has 0 radical (unpaired) electrons. The van der Waals surface area contributed by atoms with Crippen molar-refractivity contribution in [2.75, 3.05) is 0 Å². The molecular formula is C11H12Br2O. The van der Waals surface area contributed by atoms with E-state index in [-0.39, 0.29) is 8.83 Å². The molecule has 0 aromatic rings. The predicted molar refractivity (Wildman–Crippen MR) is 59.2 cm³/mol. The third kappa shape index (κ3) is 0.479. The molecule has 76 valence electrons. The van der Waals surface area contributed by atoms with Crippen molar-refractivity contribution in [3.05, 3.63) is 0 Å². The van der Waals surface area contributed by atoms with E-state index in [4.69, 9.17) is 0 Å². The Balaban J connectivity index is 1.89. The van der Waals surface area contributed by atoms with Crippen molar-refractivity contribution >= 4 is 31.9 Å². The second-order valence-corrected chi connectivity index (χ2v) is 9.89. The van der Waals surface area contributed by atoms with Gasteiger partial charge in [0.25, 0.3) is 0 Å². The molecule has 0 aromatic carbocycles. The largest absolute Gasteiger partial charge is 0.389 e. The van der Waals surface area contributed by atoms with Crippen molar-refractivity contribution in [2.24, 2.45) is 41.4 Å². The standard InChI is InChI=1S/C11H12Br2O/c12-11(13)8-4-1-3-5-2-10(14,7(3)8)9(11)6(4)5/h3-9,14H,1-2H2/t3-,4+,5+,6+,7+,8-,9+,10-/m1/s1. The number of halogens is 2. The van der Waals surface area contributed by atoms with E-state index in [0.29, 0.717) is 11.8 Å². The number of rotatable bonds is 0. The van der Waals surface area contributed by atoms with Crippen LogP contribution in [0.5, 0.6) is 0 Å². The first-order valence-electron chi connectivity index (χ1n) is 5.67. The lowest BCUT2D eigenvalue weighted by Crippen LogP contribution is -2.43. The lowest BCUT2D eigenvalue weighted by atomic mass is 9.69. The molecule has 0 aliphatic heterocycles. The van der Waals surface area contributed by atoms with Crippen LogP contribution in [-0.4, -0.2) is 13.9 Å². The minimum Gasteiger partial charge on any atom is -0.389 e. The van der Waals surface area contributed by atoms with Crippen molar-refractivity contribution in [3.8, 4) is 0 Å². The van der Waals surface area contributed by atoms with Crippen molar-refractivity contribution < 1.29 is 5.11 Å². The Morgan fingerprint density at radius 1 is 1.07 bits per heavy atom. The Morgan fingerprint density at radius 3 is 2.57 bits per heavy atom. The third-order valence-corrected chi connectivity index (χ3v) is 8.36. The van der Waals surface area contributed by atoms with Crippen LogP contribution in [0.15, 0.2) is 0 Å². The van der Waals surface area contributed by atoms with Gasteiger partial charge >= 0.3 is 0 Å². The third-order valence-electron chi connectivity index (χ3n) is 6.31. The van der Waals surface area contributed by atoms with E-state index in [9.17, 15) is 5.11 Å². The molecule has 8 atom stereocenters. The molecule has 1 N–H and O–H groups in total. The normalized spacial score (nSPS) is 78.6. The van der Waals surface area contributed by atoms with Gasteiger partial charge in [-0.1, -0.05) is 31.9 Å². The van der Waals surface area contributed by atoms with Gasteiger partial charge < -0.3 is 5.11 Å². The van der Waals surface area contributed by atoms with Gasteiger partial charge in [0.2, 0.25) is 0 Å². The summed E-state index contributed by atoms with van der Waals surface area (Å²) in [6.07, 6.45) is 2.53. The lowest BCUT2D eigenvalue weighted by Gasteiger charge is -2.38. The molecule has 0 heterocycles. The van der Waals surface area contributed by atoms with Gasteiger partial charge in [0.15, 0.2) is 0 Å². The zero-order valence-electron chi connectivity index (χ0n) is 7.66. The van der Waals surface area contributed by atoms with E-state index in [1.807, 2.05) is 0 Å². The van der Waals surface area contributed by atoms with Crippen molar-refractivity contribution in [2.45, 2.75) is 21.7 Å². The minimum absolute atomic E-state index is 0.0920. The molecular weight excluding hydrogens is 308 g/mol. The van der Waals surface area contributed by atoms with Gasteiger partial charge in [0.05, 0.1) is 8.83 Å². The minimum atomic E-state index is -0.287. The Labute approximate surface area is 99.9 Å². The number of hydrogen-bond acceptors (Lipinski definition) is 1. The molecule has 14 heavy (non-hydrogen) atoms. The highest BCUT2D eigenvalue weighted by Crippen LogP contribution is 2.88. The van der Waals surface area contributed by atoms with Crippen LogP contribution < -0.4 is 0 Å². The second kappa shape index (κ2) is 1.80. The maximum Gasteiger partial charge on any atom is 0.0898 e. The van der Waals surface area contributed by atoms with Crippen molar-refractivity contribution in [3.63, 3.8) is 0 Å². The van der Waals surface area contributed by atoms with Gasteiger partial charge in [0, 0.05) is 5.92 Å².